The summed E-state index contributed by atoms with van der Waals surface area (Å²) in [7, 11) is 0. The molecule has 0 unspecified atom stereocenters. The summed E-state index contributed by atoms with van der Waals surface area (Å²) >= 11 is 1.20. The average molecular weight is 384 g/mol. The molecule has 27 heavy (non-hydrogen) atoms. The van der Waals surface area contributed by atoms with E-state index in [1.54, 1.807) is 19.9 Å². The number of rotatable bonds is 5. The second-order valence-corrected chi connectivity index (χ2v) is 7.09. The van der Waals surface area contributed by atoms with E-state index in [-0.39, 0.29) is 5.69 Å². The maximum absolute atomic E-state index is 13.8. The second-order valence-electron chi connectivity index (χ2n) is 5.88. The smallest absolute Gasteiger partial charge is 0.351 e. The number of thiazole rings is 1. The first-order valence-corrected chi connectivity index (χ1v) is 9.01. The zero-order chi connectivity index (χ0) is 19.4. The minimum absolute atomic E-state index is 0.0419. The summed E-state index contributed by atoms with van der Waals surface area (Å²) in [6, 6.07) is 13.7. The number of ether oxygens (including phenoxy) is 1. The molecule has 0 bridgehead atoms. The lowest BCUT2D eigenvalue weighted by molar-refractivity contribution is -0.119. The summed E-state index contributed by atoms with van der Waals surface area (Å²) in [5.74, 6) is -1.80. The minimum Gasteiger partial charge on any atom is -0.451 e. The van der Waals surface area contributed by atoms with Crippen LogP contribution >= 0.6 is 11.3 Å². The number of carbonyl (C=O) groups is 2. The maximum Gasteiger partial charge on any atom is 0.351 e. The highest BCUT2D eigenvalue weighted by molar-refractivity contribution is 7.14. The van der Waals surface area contributed by atoms with Crippen molar-refractivity contribution in [2.24, 2.45) is 0 Å². The molecular formula is C20H17FN2O3S. The topological polar surface area (TPSA) is 68.3 Å². The monoisotopic (exact) mass is 384 g/mol. The van der Waals surface area contributed by atoms with Gasteiger partial charge in [0.25, 0.3) is 5.91 Å². The van der Waals surface area contributed by atoms with E-state index in [9.17, 15) is 14.0 Å². The number of nitrogens with zero attached hydrogens (tertiary/aromatic N) is 1. The van der Waals surface area contributed by atoms with Crippen molar-refractivity contribution in [3.63, 3.8) is 0 Å². The fourth-order valence-corrected chi connectivity index (χ4v) is 3.30. The molecule has 0 spiro atoms. The van der Waals surface area contributed by atoms with E-state index >= 15 is 0 Å². The fraction of sp³-hybridized carbons (Fsp3) is 0.150. The molecule has 0 fully saturated rings. The van der Waals surface area contributed by atoms with Gasteiger partial charge >= 0.3 is 5.97 Å². The van der Waals surface area contributed by atoms with Gasteiger partial charge in [-0.3, -0.25) is 4.79 Å². The van der Waals surface area contributed by atoms with Crippen LogP contribution in [-0.2, 0) is 9.53 Å². The first-order chi connectivity index (χ1) is 12.9. The van der Waals surface area contributed by atoms with Gasteiger partial charge in [0.2, 0.25) is 0 Å². The molecular weight excluding hydrogens is 367 g/mol. The highest BCUT2D eigenvalue weighted by Crippen LogP contribution is 2.28. The normalized spacial score (nSPS) is 10.5. The quantitative estimate of drug-likeness (QED) is 0.664. The van der Waals surface area contributed by atoms with Crippen molar-refractivity contribution in [1.82, 2.24) is 4.98 Å². The number of amides is 1. The largest absolute Gasteiger partial charge is 0.451 e. The molecule has 7 heteroatoms. The Hall–Kier alpha value is -3.06. The van der Waals surface area contributed by atoms with Gasteiger partial charge in [0.05, 0.1) is 16.4 Å². The molecule has 3 rings (SSSR count). The number of benzene rings is 2. The van der Waals surface area contributed by atoms with Crippen LogP contribution in [0.5, 0.6) is 0 Å². The van der Waals surface area contributed by atoms with Gasteiger partial charge < -0.3 is 10.1 Å². The zero-order valence-electron chi connectivity index (χ0n) is 14.8. The van der Waals surface area contributed by atoms with Crippen LogP contribution in [0.1, 0.15) is 20.2 Å². The van der Waals surface area contributed by atoms with Crippen LogP contribution in [0.15, 0.2) is 48.5 Å². The molecule has 0 atom stereocenters. The Labute approximate surface area is 159 Å². The lowest BCUT2D eigenvalue weighted by Gasteiger charge is -2.08. The van der Waals surface area contributed by atoms with Crippen LogP contribution in [0.4, 0.5) is 10.1 Å². The number of aryl methyl sites for hydroxylation is 2. The maximum atomic E-state index is 13.8. The molecule has 0 aliphatic heterocycles. The van der Waals surface area contributed by atoms with Gasteiger partial charge in [-0.15, -0.1) is 11.3 Å². The molecule has 1 N–H and O–H groups in total. The first-order valence-electron chi connectivity index (χ1n) is 8.20. The number of carbonyl (C=O) groups excluding carboxylic acids is 2. The van der Waals surface area contributed by atoms with Crippen molar-refractivity contribution >= 4 is 28.9 Å². The Morgan fingerprint density at radius 1 is 1.15 bits per heavy atom. The lowest BCUT2D eigenvalue weighted by atomic mass is 10.1. The van der Waals surface area contributed by atoms with Crippen LogP contribution in [0.3, 0.4) is 0 Å². The highest BCUT2D eigenvalue weighted by Gasteiger charge is 2.20. The summed E-state index contributed by atoms with van der Waals surface area (Å²) in [5.41, 5.74) is 2.10. The van der Waals surface area contributed by atoms with Gasteiger partial charge in [-0.1, -0.05) is 36.4 Å². The minimum atomic E-state index is -0.640. The van der Waals surface area contributed by atoms with E-state index in [1.807, 2.05) is 30.3 Å². The molecule has 5 nitrogen and oxygen atoms in total. The van der Waals surface area contributed by atoms with Gasteiger partial charge in [-0.2, -0.15) is 0 Å². The fourth-order valence-electron chi connectivity index (χ4n) is 2.46. The van der Waals surface area contributed by atoms with Gasteiger partial charge in [0.1, 0.15) is 10.7 Å². The van der Waals surface area contributed by atoms with E-state index in [4.69, 9.17) is 4.74 Å². The summed E-state index contributed by atoms with van der Waals surface area (Å²) in [5, 5.41) is 3.11. The number of nitrogens with one attached hydrogen (secondary N) is 1. The number of aromatic nitrogens is 1. The molecule has 1 amide bonds. The second kappa shape index (κ2) is 8.09. The third kappa shape index (κ3) is 4.57. The molecule has 3 aromatic rings. The summed E-state index contributed by atoms with van der Waals surface area (Å²) in [4.78, 5) is 29.1. The Morgan fingerprint density at radius 3 is 2.59 bits per heavy atom. The molecule has 1 heterocycles. The third-order valence-corrected chi connectivity index (χ3v) is 4.65. The molecule has 0 saturated carbocycles. The van der Waals surface area contributed by atoms with E-state index in [0.717, 1.165) is 11.1 Å². The highest BCUT2D eigenvalue weighted by atomic mass is 32.1. The van der Waals surface area contributed by atoms with Crippen molar-refractivity contribution < 1.29 is 18.7 Å². The van der Waals surface area contributed by atoms with Crippen molar-refractivity contribution in [3.05, 3.63) is 69.8 Å². The van der Waals surface area contributed by atoms with E-state index in [1.165, 1.54) is 23.5 Å². The molecule has 2 aromatic carbocycles. The third-order valence-electron chi connectivity index (χ3n) is 3.70. The molecule has 138 valence electrons. The average Bonchev–Trinajstić information content (AvgIpc) is 3.05. The van der Waals surface area contributed by atoms with Gasteiger partial charge in [-0.05, 0) is 31.5 Å². The number of esters is 1. The Bertz CT molecular complexity index is 986. The predicted molar refractivity (Wildman–Crippen MR) is 102 cm³/mol. The standard InChI is InChI=1S/C20H17FN2O3S/c1-12-8-9-16(15(21)10-12)23-17(24)11-26-20(25)19-18(22-13(2)27-19)14-6-4-3-5-7-14/h3-10H,11H2,1-2H3,(H,23,24). The molecule has 0 aliphatic carbocycles. The van der Waals surface area contributed by atoms with Gasteiger partial charge in [0, 0.05) is 5.56 Å². The summed E-state index contributed by atoms with van der Waals surface area (Å²) < 4.78 is 18.9. The van der Waals surface area contributed by atoms with Gasteiger partial charge in [0.15, 0.2) is 6.61 Å². The Morgan fingerprint density at radius 2 is 1.89 bits per heavy atom. The van der Waals surface area contributed by atoms with E-state index in [2.05, 4.69) is 10.3 Å². The van der Waals surface area contributed by atoms with E-state index < -0.39 is 24.3 Å². The molecule has 0 aliphatic rings. The number of hydrogen-bond acceptors (Lipinski definition) is 5. The molecule has 0 radical (unpaired) electrons. The van der Waals surface area contributed by atoms with E-state index in [0.29, 0.717) is 15.6 Å². The lowest BCUT2D eigenvalue weighted by Crippen LogP contribution is -2.21. The Kier molecular flexibility index (Phi) is 5.61. The van der Waals surface area contributed by atoms with Crippen LogP contribution in [0, 0.1) is 19.7 Å². The summed E-state index contributed by atoms with van der Waals surface area (Å²) in [6.07, 6.45) is 0. The van der Waals surface area contributed by atoms with Crippen molar-refractivity contribution in [1.29, 1.82) is 0 Å². The van der Waals surface area contributed by atoms with Crippen LogP contribution < -0.4 is 5.32 Å². The molecule has 1 aromatic heterocycles. The summed E-state index contributed by atoms with van der Waals surface area (Å²) in [6.45, 7) is 3.02. The zero-order valence-corrected chi connectivity index (χ0v) is 15.6. The van der Waals surface area contributed by atoms with Crippen LogP contribution in [-0.4, -0.2) is 23.5 Å². The number of hydrogen-bond donors (Lipinski definition) is 1. The number of halogens is 1. The molecule has 0 saturated heterocycles. The van der Waals surface area contributed by atoms with Crippen molar-refractivity contribution in [2.45, 2.75) is 13.8 Å². The van der Waals surface area contributed by atoms with Crippen molar-refractivity contribution in [2.75, 3.05) is 11.9 Å². The van der Waals surface area contributed by atoms with Crippen LogP contribution in [0.25, 0.3) is 11.3 Å². The predicted octanol–water partition coefficient (Wildman–Crippen LogP) is 4.36. The van der Waals surface area contributed by atoms with Crippen molar-refractivity contribution in [3.8, 4) is 11.3 Å². The number of anilines is 1. The first kappa shape index (κ1) is 18.7. The van der Waals surface area contributed by atoms with Crippen LogP contribution in [0.2, 0.25) is 0 Å². The Balaban J connectivity index is 1.67. The SMILES string of the molecule is Cc1ccc(NC(=O)COC(=O)c2sc(C)nc2-c2ccccc2)c(F)c1. The van der Waals surface area contributed by atoms with Gasteiger partial charge in [-0.25, -0.2) is 14.2 Å².